The Kier molecular flexibility index (Phi) is 9.01. The van der Waals surface area contributed by atoms with E-state index >= 15 is 0 Å². The molecule has 1 saturated heterocycles. The summed E-state index contributed by atoms with van der Waals surface area (Å²) in [6, 6.07) is 12.8. The van der Waals surface area contributed by atoms with Gasteiger partial charge in [-0.05, 0) is 48.1 Å². The fourth-order valence-electron chi connectivity index (χ4n) is 4.40. The van der Waals surface area contributed by atoms with Gasteiger partial charge in [0, 0.05) is 37.8 Å². The number of anilines is 1. The summed E-state index contributed by atoms with van der Waals surface area (Å²) in [5.74, 6) is 2.54. The number of carbonyl (C=O) groups excluding carboxylic acids is 2. The second-order valence-corrected chi connectivity index (χ2v) is 8.50. The number of benzene rings is 2. The third-order valence-electron chi connectivity index (χ3n) is 6.41. The molecule has 2 N–H and O–H groups in total. The lowest BCUT2D eigenvalue weighted by Crippen LogP contribution is -2.46. The zero-order valence-electron chi connectivity index (χ0n) is 20.4. The topological polar surface area (TPSA) is 89.1 Å². The van der Waals surface area contributed by atoms with Crippen LogP contribution in [0.2, 0.25) is 0 Å². The molecule has 1 heterocycles. The van der Waals surface area contributed by atoms with Crippen LogP contribution in [0.25, 0.3) is 0 Å². The Bertz CT molecular complexity index is 981. The summed E-state index contributed by atoms with van der Waals surface area (Å²) in [5, 5.41) is 5.97. The first-order valence-electron chi connectivity index (χ1n) is 11.6. The van der Waals surface area contributed by atoms with E-state index in [-0.39, 0.29) is 23.8 Å². The quantitative estimate of drug-likeness (QED) is 0.572. The van der Waals surface area contributed by atoms with Crippen molar-refractivity contribution in [1.82, 2.24) is 10.2 Å². The minimum absolute atomic E-state index is 0.0208. The molecule has 8 nitrogen and oxygen atoms in total. The smallest absolute Gasteiger partial charge is 0.321 e. The van der Waals surface area contributed by atoms with Crippen LogP contribution in [-0.4, -0.2) is 51.3 Å². The molecule has 184 valence electrons. The highest BCUT2D eigenvalue weighted by atomic mass is 16.5. The molecule has 2 aromatic rings. The largest absolute Gasteiger partial charge is 0.497 e. The fraction of sp³-hybridized carbons (Fsp3) is 0.462. The Morgan fingerprint density at radius 3 is 2.50 bits per heavy atom. The molecule has 0 bridgehead atoms. The van der Waals surface area contributed by atoms with Crippen LogP contribution in [-0.2, 0) is 11.3 Å². The zero-order valence-corrected chi connectivity index (χ0v) is 20.4. The van der Waals surface area contributed by atoms with Gasteiger partial charge in [-0.3, -0.25) is 4.79 Å². The van der Waals surface area contributed by atoms with Crippen LogP contribution >= 0.6 is 0 Å². The van der Waals surface area contributed by atoms with Crippen molar-refractivity contribution in [1.29, 1.82) is 0 Å². The number of urea groups is 1. The van der Waals surface area contributed by atoms with Crippen LogP contribution in [0.15, 0.2) is 42.5 Å². The van der Waals surface area contributed by atoms with Gasteiger partial charge in [-0.2, -0.15) is 0 Å². The maximum Gasteiger partial charge on any atom is 0.321 e. The van der Waals surface area contributed by atoms with E-state index in [0.717, 1.165) is 18.4 Å². The molecule has 3 amide bonds. The SMILES string of the molecule is CC[C@H]1CN(C(=O)Nc2cccc(OC)c2)CC[C@H]1CC(=O)NCc1ccc(OC)c(OC)c1. The number of hydrogen-bond acceptors (Lipinski definition) is 5. The Hall–Kier alpha value is -3.42. The monoisotopic (exact) mass is 469 g/mol. The highest BCUT2D eigenvalue weighted by molar-refractivity contribution is 5.89. The lowest BCUT2D eigenvalue weighted by Gasteiger charge is -2.38. The minimum Gasteiger partial charge on any atom is -0.497 e. The average molecular weight is 470 g/mol. The average Bonchev–Trinajstić information content (AvgIpc) is 2.87. The summed E-state index contributed by atoms with van der Waals surface area (Å²) in [5.41, 5.74) is 1.65. The summed E-state index contributed by atoms with van der Waals surface area (Å²) in [7, 11) is 4.78. The van der Waals surface area contributed by atoms with Crippen molar-refractivity contribution in [3.63, 3.8) is 0 Å². The van der Waals surface area contributed by atoms with Crippen LogP contribution in [0.5, 0.6) is 17.2 Å². The molecular weight excluding hydrogens is 434 g/mol. The Labute approximate surface area is 201 Å². The van der Waals surface area contributed by atoms with Gasteiger partial charge in [-0.15, -0.1) is 0 Å². The first kappa shape index (κ1) is 25.2. The van der Waals surface area contributed by atoms with E-state index in [1.807, 2.05) is 41.3 Å². The third-order valence-corrected chi connectivity index (χ3v) is 6.41. The molecule has 1 aliphatic rings. The van der Waals surface area contributed by atoms with Gasteiger partial charge in [0.2, 0.25) is 5.91 Å². The number of amides is 3. The first-order chi connectivity index (χ1) is 16.5. The van der Waals surface area contributed by atoms with Crippen molar-refractivity contribution in [2.24, 2.45) is 11.8 Å². The molecule has 0 saturated carbocycles. The molecule has 1 aliphatic heterocycles. The van der Waals surface area contributed by atoms with Crippen LogP contribution in [0, 0.1) is 11.8 Å². The number of methoxy groups -OCH3 is 3. The van der Waals surface area contributed by atoms with Crippen LogP contribution < -0.4 is 24.8 Å². The maximum atomic E-state index is 12.8. The summed E-state index contributed by atoms with van der Waals surface area (Å²) >= 11 is 0. The highest BCUT2D eigenvalue weighted by Gasteiger charge is 2.31. The molecular formula is C26H35N3O5. The molecule has 0 spiro atoms. The molecule has 1 fully saturated rings. The molecule has 8 heteroatoms. The number of ether oxygens (including phenoxy) is 3. The van der Waals surface area contributed by atoms with E-state index in [4.69, 9.17) is 14.2 Å². The highest BCUT2D eigenvalue weighted by Crippen LogP contribution is 2.30. The van der Waals surface area contributed by atoms with Crippen LogP contribution in [0.1, 0.15) is 31.7 Å². The van der Waals surface area contributed by atoms with Gasteiger partial charge < -0.3 is 29.7 Å². The number of carbonyl (C=O) groups is 2. The molecule has 34 heavy (non-hydrogen) atoms. The molecule has 3 rings (SSSR count). The van der Waals surface area contributed by atoms with Crippen molar-refractivity contribution in [2.75, 3.05) is 39.7 Å². The second-order valence-electron chi connectivity index (χ2n) is 8.50. The summed E-state index contributed by atoms with van der Waals surface area (Å²) in [4.78, 5) is 27.3. The fourth-order valence-corrected chi connectivity index (χ4v) is 4.40. The van der Waals surface area contributed by atoms with Gasteiger partial charge in [0.15, 0.2) is 11.5 Å². The minimum atomic E-state index is -0.122. The summed E-state index contributed by atoms with van der Waals surface area (Å²) < 4.78 is 15.8. The van der Waals surface area contributed by atoms with Crippen molar-refractivity contribution >= 4 is 17.6 Å². The molecule has 0 aromatic heterocycles. The number of likely N-dealkylation sites (tertiary alicyclic amines) is 1. The van der Waals surface area contributed by atoms with Gasteiger partial charge in [0.1, 0.15) is 5.75 Å². The van der Waals surface area contributed by atoms with E-state index in [0.29, 0.717) is 49.0 Å². The predicted octanol–water partition coefficient (Wildman–Crippen LogP) is 4.30. The Morgan fingerprint density at radius 2 is 1.79 bits per heavy atom. The van der Waals surface area contributed by atoms with E-state index in [2.05, 4.69) is 17.6 Å². The van der Waals surface area contributed by atoms with Crippen molar-refractivity contribution in [3.8, 4) is 17.2 Å². The van der Waals surface area contributed by atoms with Gasteiger partial charge in [0.25, 0.3) is 0 Å². The number of piperidine rings is 1. The first-order valence-corrected chi connectivity index (χ1v) is 11.6. The molecule has 2 atom stereocenters. The van der Waals surface area contributed by atoms with E-state index in [1.54, 1.807) is 27.4 Å². The van der Waals surface area contributed by atoms with Gasteiger partial charge >= 0.3 is 6.03 Å². The van der Waals surface area contributed by atoms with Crippen molar-refractivity contribution in [2.45, 2.75) is 32.7 Å². The number of rotatable bonds is 9. The summed E-state index contributed by atoms with van der Waals surface area (Å²) in [6.45, 7) is 3.81. The van der Waals surface area contributed by atoms with E-state index < -0.39 is 0 Å². The van der Waals surface area contributed by atoms with Gasteiger partial charge in [-0.1, -0.05) is 25.5 Å². The van der Waals surface area contributed by atoms with Crippen LogP contribution in [0.3, 0.4) is 0 Å². The van der Waals surface area contributed by atoms with Crippen molar-refractivity contribution in [3.05, 3.63) is 48.0 Å². The molecule has 0 unspecified atom stereocenters. The molecule has 0 aliphatic carbocycles. The Balaban J connectivity index is 1.50. The second kappa shape index (κ2) is 12.2. The molecule has 2 aromatic carbocycles. The lowest BCUT2D eigenvalue weighted by molar-refractivity contribution is -0.123. The summed E-state index contributed by atoms with van der Waals surface area (Å²) in [6.07, 6.45) is 2.17. The van der Waals surface area contributed by atoms with E-state index in [1.165, 1.54) is 0 Å². The van der Waals surface area contributed by atoms with Crippen LogP contribution in [0.4, 0.5) is 10.5 Å². The van der Waals surface area contributed by atoms with Gasteiger partial charge in [-0.25, -0.2) is 4.79 Å². The van der Waals surface area contributed by atoms with Crippen molar-refractivity contribution < 1.29 is 23.8 Å². The number of nitrogens with one attached hydrogen (secondary N) is 2. The standard InChI is InChI=1S/C26H35N3O5/c1-5-19-17-29(26(31)28-21-7-6-8-22(15-21)32-2)12-11-20(19)14-25(30)27-16-18-9-10-23(33-3)24(13-18)34-4/h6-10,13,15,19-20H,5,11-12,14,16-17H2,1-4H3,(H,27,30)(H,28,31)/t19-,20-/m0/s1. The zero-order chi connectivity index (χ0) is 24.5. The molecule has 0 radical (unpaired) electrons. The number of nitrogens with zero attached hydrogens (tertiary/aromatic N) is 1. The maximum absolute atomic E-state index is 12.8. The normalized spacial score (nSPS) is 17.6. The van der Waals surface area contributed by atoms with Gasteiger partial charge in [0.05, 0.1) is 21.3 Å². The Morgan fingerprint density at radius 1 is 1.00 bits per heavy atom. The number of hydrogen-bond donors (Lipinski definition) is 2. The van der Waals surface area contributed by atoms with E-state index in [9.17, 15) is 9.59 Å². The lowest BCUT2D eigenvalue weighted by atomic mass is 9.81. The predicted molar refractivity (Wildman–Crippen MR) is 131 cm³/mol. The third kappa shape index (κ3) is 6.56.